The molecule has 108 valence electrons. The van der Waals surface area contributed by atoms with Crippen molar-refractivity contribution in [1.29, 1.82) is 0 Å². The third-order valence-corrected chi connectivity index (χ3v) is 2.46. The predicted molar refractivity (Wildman–Crippen MR) is 72.3 cm³/mol. The molecule has 0 fully saturated rings. The van der Waals surface area contributed by atoms with Crippen LogP contribution in [0, 0.1) is 5.82 Å². The van der Waals surface area contributed by atoms with Crippen LogP contribution >= 0.6 is 0 Å². The molecule has 0 unspecified atom stereocenters. The van der Waals surface area contributed by atoms with Crippen molar-refractivity contribution in [1.82, 2.24) is 9.97 Å². The molecular weight excluding hydrogens is 277 g/mol. The summed E-state index contributed by atoms with van der Waals surface area (Å²) in [5.41, 5.74) is -0.117. The number of nitrogens with one attached hydrogen (secondary N) is 1. The van der Waals surface area contributed by atoms with Crippen molar-refractivity contribution in [3.05, 3.63) is 53.9 Å². The van der Waals surface area contributed by atoms with E-state index in [1.165, 1.54) is 30.6 Å². The molecule has 0 radical (unpaired) electrons. The maximum Gasteiger partial charge on any atom is 0.359 e. The van der Waals surface area contributed by atoms with E-state index in [0.717, 1.165) is 6.07 Å². The zero-order chi connectivity index (χ0) is 15.2. The average molecular weight is 289 g/mol. The normalized spacial score (nSPS) is 10.0. The highest BCUT2D eigenvalue weighted by atomic mass is 19.1. The van der Waals surface area contributed by atoms with Gasteiger partial charge in [0.2, 0.25) is 0 Å². The van der Waals surface area contributed by atoms with Crippen molar-refractivity contribution in [3.63, 3.8) is 0 Å². The highest BCUT2D eigenvalue weighted by Gasteiger charge is 2.21. The number of hydrogen-bond donors (Lipinski definition) is 1. The molecule has 0 saturated carbocycles. The maximum absolute atomic E-state index is 13.1. The standard InChI is InChI=1S/C14H12FN3O3/c1-2-21-14(20)12-11(16-6-7-17-12)13(19)18-10-5-3-4-9(15)8-10/h3-8H,2H2,1H3,(H,18,19). The third kappa shape index (κ3) is 3.59. The number of hydrogen-bond acceptors (Lipinski definition) is 5. The van der Waals surface area contributed by atoms with E-state index in [4.69, 9.17) is 4.74 Å². The first-order valence-corrected chi connectivity index (χ1v) is 6.17. The summed E-state index contributed by atoms with van der Waals surface area (Å²) in [6, 6.07) is 5.37. The van der Waals surface area contributed by atoms with E-state index in [-0.39, 0.29) is 23.7 Å². The van der Waals surface area contributed by atoms with Gasteiger partial charge in [0.15, 0.2) is 11.4 Å². The summed E-state index contributed by atoms with van der Waals surface area (Å²) < 4.78 is 17.9. The first-order valence-electron chi connectivity index (χ1n) is 6.17. The lowest BCUT2D eigenvalue weighted by molar-refractivity contribution is 0.0515. The van der Waals surface area contributed by atoms with Crippen LogP contribution in [0.5, 0.6) is 0 Å². The largest absolute Gasteiger partial charge is 0.461 e. The third-order valence-electron chi connectivity index (χ3n) is 2.46. The summed E-state index contributed by atoms with van der Waals surface area (Å²) in [5.74, 6) is -1.90. The fourth-order valence-electron chi connectivity index (χ4n) is 1.61. The van der Waals surface area contributed by atoms with Crippen molar-refractivity contribution in [2.75, 3.05) is 11.9 Å². The van der Waals surface area contributed by atoms with E-state index in [0.29, 0.717) is 0 Å². The van der Waals surface area contributed by atoms with Gasteiger partial charge in [0.25, 0.3) is 5.91 Å². The Bertz CT molecular complexity index is 676. The number of aromatic nitrogens is 2. The Hall–Kier alpha value is -2.83. The molecule has 0 bridgehead atoms. The summed E-state index contributed by atoms with van der Waals surface area (Å²) in [4.78, 5) is 31.5. The van der Waals surface area contributed by atoms with Crippen molar-refractivity contribution in [2.24, 2.45) is 0 Å². The summed E-state index contributed by atoms with van der Waals surface area (Å²) in [6.07, 6.45) is 2.56. The minimum Gasteiger partial charge on any atom is -0.461 e. The summed E-state index contributed by atoms with van der Waals surface area (Å²) in [5, 5.41) is 2.45. The first-order chi connectivity index (χ1) is 10.1. The molecule has 0 spiro atoms. The molecule has 1 aromatic heterocycles. The van der Waals surface area contributed by atoms with Crippen LogP contribution in [0.15, 0.2) is 36.7 Å². The van der Waals surface area contributed by atoms with Gasteiger partial charge in [-0.1, -0.05) is 6.07 Å². The molecular formula is C14H12FN3O3. The van der Waals surface area contributed by atoms with Crippen LogP contribution in [0.25, 0.3) is 0 Å². The monoisotopic (exact) mass is 289 g/mol. The maximum atomic E-state index is 13.1. The lowest BCUT2D eigenvalue weighted by Gasteiger charge is -2.07. The average Bonchev–Trinajstić information content (AvgIpc) is 2.47. The first kappa shape index (κ1) is 14.6. The molecule has 0 aliphatic heterocycles. The molecule has 2 aromatic rings. The minimum absolute atomic E-state index is 0.153. The Balaban J connectivity index is 2.25. The molecule has 1 amide bonds. The fourth-order valence-corrected chi connectivity index (χ4v) is 1.61. The van der Waals surface area contributed by atoms with Crippen LogP contribution in [-0.2, 0) is 4.74 Å². The number of carbonyl (C=O) groups is 2. The molecule has 0 saturated heterocycles. The zero-order valence-electron chi connectivity index (χ0n) is 11.2. The molecule has 1 heterocycles. The molecule has 7 heteroatoms. The molecule has 0 aliphatic carbocycles. The van der Waals surface area contributed by atoms with E-state index < -0.39 is 17.7 Å². The van der Waals surface area contributed by atoms with Gasteiger partial charge in [-0.25, -0.2) is 19.2 Å². The van der Waals surface area contributed by atoms with Crippen LogP contribution < -0.4 is 5.32 Å². The second-order valence-corrected chi connectivity index (χ2v) is 3.94. The van der Waals surface area contributed by atoms with Crippen LogP contribution in [0.4, 0.5) is 10.1 Å². The van der Waals surface area contributed by atoms with E-state index in [9.17, 15) is 14.0 Å². The number of anilines is 1. The Morgan fingerprint density at radius 3 is 2.62 bits per heavy atom. The van der Waals surface area contributed by atoms with Gasteiger partial charge < -0.3 is 10.1 Å². The van der Waals surface area contributed by atoms with Crippen LogP contribution in [0.1, 0.15) is 27.9 Å². The van der Waals surface area contributed by atoms with E-state index in [1.807, 2.05) is 0 Å². The van der Waals surface area contributed by atoms with E-state index >= 15 is 0 Å². The number of esters is 1. The lowest BCUT2D eigenvalue weighted by Crippen LogP contribution is -2.20. The number of rotatable bonds is 4. The fraction of sp³-hybridized carbons (Fsp3) is 0.143. The second-order valence-electron chi connectivity index (χ2n) is 3.94. The van der Waals surface area contributed by atoms with Gasteiger partial charge in [-0.15, -0.1) is 0 Å². The van der Waals surface area contributed by atoms with E-state index in [2.05, 4.69) is 15.3 Å². The Kier molecular flexibility index (Phi) is 4.55. The van der Waals surface area contributed by atoms with Crippen molar-refractivity contribution in [2.45, 2.75) is 6.92 Å². The highest BCUT2D eigenvalue weighted by Crippen LogP contribution is 2.12. The number of nitrogens with zero attached hydrogens (tertiary/aromatic N) is 2. The number of halogens is 1. The van der Waals surface area contributed by atoms with Gasteiger partial charge in [-0.2, -0.15) is 0 Å². The number of amides is 1. The highest BCUT2D eigenvalue weighted by molar-refractivity contribution is 6.08. The summed E-state index contributed by atoms with van der Waals surface area (Å²) >= 11 is 0. The summed E-state index contributed by atoms with van der Waals surface area (Å²) in [6.45, 7) is 1.79. The van der Waals surface area contributed by atoms with Gasteiger partial charge >= 0.3 is 5.97 Å². The number of carbonyl (C=O) groups excluding carboxylic acids is 2. The SMILES string of the molecule is CCOC(=O)c1nccnc1C(=O)Nc1cccc(F)c1. The van der Waals surface area contributed by atoms with Gasteiger partial charge in [-0.3, -0.25) is 4.79 Å². The quantitative estimate of drug-likeness (QED) is 0.871. The molecule has 0 aliphatic rings. The topological polar surface area (TPSA) is 81.2 Å². The van der Waals surface area contributed by atoms with Crippen molar-refractivity contribution >= 4 is 17.6 Å². The van der Waals surface area contributed by atoms with E-state index in [1.54, 1.807) is 6.92 Å². The predicted octanol–water partition coefficient (Wildman–Crippen LogP) is 2.04. The molecule has 0 atom stereocenters. The Labute approximate surface area is 120 Å². The van der Waals surface area contributed by atoms with Crippen LogP contribution in [0.2, 0.25) is 0 Å². The van der Waals surface area contributed by atoms with Gasteiger partial charge in [0, 0.05) is 18.1 Å². The van der Waals surface area contributed by atoms with Gasteiger partial charge in [0.1, 0.15) is 5.82 Å². The molecule has 21 heavy (non-hydrogen) atoms. The van der Waals surface area contributed by atoms with Gasteiger partial charge in [-0.05, 0) is 25.1 Å². The lowest BCUT2D eigenvalue weighted by atomic mass is 10.2. The Morgan fingerprint density at radius 2 is 1.95 bits per heavy atom. The Morgan fingerprint density at radius 1 is 1.24 bits per heavy atom. The van der Waals surface area contributed by atoms with Crippen molar-refractivity contribution in [3.8, 4) is 0 Å². The molecule has 1 N–H and O–H groups in total. The number of benzene rings is 1. The number of ether oxygens (including phenoxy) is 1. The minimum atomic E-state index is -0.741. The van der Waals surface area contributed by atoms with Crippen LogP contribution in [0.3, 0.4) is 0 Å². The summed E-state index contributed by atoms with van der Waals surface area (Å²) in [7, 11) is 0. The smallest absolute Gasteiger partial charge is 0.359 e. The van der Waals surface area contributed by atoms with Crippen LogP contribution in [-0.4, -0.2) is 28.5 Å². The molecule has 2 rings (SSSR count). The van der Waals surface area contributed by atoms with Crippen molar-refractivity contribution < 1.29 is 18.7 Å². The second kappa shape index (κ2) is 6.56. The zero-order valence-corrected chi connectivity index (χ0v) is 11.2. The molecule has 6 nitrogen and oxygen atoms in total. The van der Waals surface area contributed by atoms with Gasteiger partial charge in [0.05, 0.1) is 6.61 Å². The molecule has 1 aromatic carbocycles.